The molecular formula is C13H12F2N6NaO4S. The van der Waals surface area contributed by atoms with Gasteiger partial charge in [0.25, 0.3) is 0 Å². The van der Waals surface area contributed by atoms with Crippen molar-refractivity contribution in [3.05, 3.63) is 60.7 Å². The van der Waals surface area contributed by atoms with Gasteiger partial charge in [-0.15, -0.1) is 0 Å². The van der Waals surface area contributed by atoms with Gasteiger partial charge in [0.2, 0.25) is 0 Å². The van der Waals surface area contributed by atoms with E-state index in [0.717, 1.165) is 12.1 Å². The van der Waals surface area contributed by atoms with Gasteiger partial charge >= 0.3 is 10.4 Å². The van der Waals surface area contributed by atoms with Crippen molar-refractivity contribution in [2.45, 2.75) is 18.7 Å². The Hall–Kier alpha value is -1.77. The summed E-state index contributed by atoms with van der Waals surface area (Å²) in [5, 5.41) is 7.68. The van der Waals surface area contributed by atoms with Crippen LogP contribution in [0.5, 0.6) is 0 Å². The van der Waals surface area contributed by atoms with Crippen LogP contribution in [0.4, 0.5) is 8.78 Å². The van der Waals surface area contributed by atoms with E-state index in [9.17, 15) is 21.8 Å². The number of halogens is 2. The molecule has 1 N–H and O–H groups in total. The van der Waals surface area contributed by atoms with E-state index in [1.165, 1.54) is 34.7 Å². The molecule has 3 rings (SSSR count). The van der Waals surface area contributed by atoms with Crippen LogP contribution in [-0.2, 0) is 33.3 Å². The van der Waals surface area contributed by atoms with Crippen molar-refractivity contribution >= 4 is 40.0 Å². The second kappa shape index (κ2) is 8.50. The van der Waals surface area contributed by atoms with E-state index in [0.29, 0.717) is 6.07 Å². The number of hydrogen-bond donors (Lipinski definition) is 1. The van der Waals surface area contributed by atoms with Crippen LogP contribution in [0.2, 0.25) is 0 Å². The molecule has 0 saturated carbocycles. The van der Waals surface area contributed by atoms with E-state index in [2.05, 4.69) is 20.2 Å². The van der Waals surface area contributed by atoms with Gasteiger partial charge in [0.15, 0.2) is 5.60 Å². The Balaban J connectivity index is 0.00000261. The Kier molecular flexibility index (Phi) is 6.77. The monoisotopic (exact) mass is 409 g/mol. The van der Waals surface area contributed by atoms with Crippen molar-refractivity contribution in [3.63, 3.8) is 0 Å². The van der Waals surface area contributed by atoms with Gasteiger partial charge in [-0.3, -0.25) is 4.55 Å². The molecule has 139 valence electrons. The third-order valence-electron chi connectivity index (χ3n) is 3.45. The topological polar surface area (TPSA) is 125 Å². The minimum Gasteiger partial charge on any atom is -0.264 e. The molecule has 10 nitrogen and oxygen atoms in total. The maximum Gasteiger partial charge on any atom is 0.398 e. The Labute approximate surface area is 174 Å². The molecule has 0 atom stereocenters. The summed E-state index contributed by atoms with van der Waals surface area (Å²) in [5.74, 6) is -1.94. The van der Waals surface area contributed by atoms with E-state index >= 15 is 0 Å². The fraction of sp³-hybridized carbons (Fsp3) is 0.231. The van der Waals surface area contributed by atoms with Crippen LogP contribution in [0.3, 0.4) is 0 Å². The first kappa shape index (κ1) is 21.5. The van der Waals surface area contributed by atoms with E-state index < -0.39 is 27.6 Å². The average molecular weight is 409 g/mol. The largest absolute Gasteiger partial charge is 0.398 e. The van der Waals surface area contributed by atoms with Crippen LogP contribution in [0, 0.1) is 11.6 Å². The zero-order chi connectivity index (χ0) is 18.8. The molecular weight excluding hydrogens is 397 g/mol. The maximum absolute atomic E-state index is 14.5. The normalized spacial score (nSPS) is 12.0. The van der Waals surface area contributed by atoms with E-state index in [4.69, 9.17) is 4.18 Å². The molecule has 0 aliphatic rings. The number of benzene rings is 1. The molecule has 14 heteroatoms. The van der Waals surface area contributed by atoms with Crippen LogP contribution in [-0.4, -0.2) is 72.1 Å². The van der Waals surface area contributed by atoms with Crippen molar-refractivity contribution in [1.29, 1.82) is 0 Å². The molecule has 0 saturated heterocycles. The van der Waals surface area contributed by atoms with Gasteiger partial charge in [-0.05, 0) is 6.07 Å². The van der Waals surface area contributed by atoms with Crippen molar-refractivity contribution in [2.24, 2.45) is 0 Å². The molecule has 1 aromatic carbocycles. The minimum absolute atomic E-state index is 0. The first-order chi connectivity index (χ1) is 12.3. The van der Waals surface area contributed by atoms with Crippen molar-refractivity contribution in [3.8, 4) is 0 Å². The van der Waals surface area contributed by atoms with E-state index in [1.54, 1.807) is 0 Å². The fourth-order valence-corrected chi connectivity index (χ4v) is 3.13. The number of nitrogens with zero attached hydrogens (tertiary/aromatic N) is 6. The zero-order valence-corrected chi connectivity index (χ0v) is 16.8. The van der Waals surface area contributed by atoms with Gasteiger partial charge in [0.1, 0.15) is 36.9 Å². The minimum atomic E-state index is -5.05. The summed E-state index contributed by atoms with van der Waals surface area (Å²) < 4.78 is 67.3. The molecule has 0 fully saturated rings. The maximum atomic E-state index is 14.5. The van der Waals surface area contributed by atoms with Crippen LogP contribution < -0.4 is 0 Å². The molecule has 1 radical (unpaired) electrons. The summed E-state index contributed by atoms with van der Waals surface area (Å²) >= 11 is 0. The third-order valence-corrected chi connectivity index (χ3v) is 3.98. The third kappa shape index (κ3) is 5.37. The van der Waals surface area contributed by atoms with E-state index in [1.807, 2.05) is 0 Å². The molecule has 0 bridgehead atoms. The summed E-state index contributed by atoms with van der Waals surface area (Å²) in [5.41, 5.74) is -2.38. The molecule has 3 aromatic rings. The van der Waals surface area contributed by atoms with Crippen LogP contribution in [0.15, 0.2) is 43.5 Å². The van der Waals surface area contributed by atoms with Crippen molar-refractivity contribution in [1.82, 2.24) is 29.5 Å². The molecule has 27 heavy (non-hydrogen) atoms. The Morgan fingerprint density at radius 1 is 1.07 bits per heavy atom. The predicted molar refractivity (Wildman–Crippen MR) is 86.5 cm³/mol. The summed E-state index contributed by atoms with van der Waals surface area (Å²) in [4.78, 5) is 7.45. The quantitative estimate of drug-likeness (QED) is 0.433. The fourth-order valence-electron chi connectivity index (χ4n) is 2.53. The molecule has 0 amide bonds. The Bertz CT molecular complexity index is 948. The second-order valence-electron chi connectivity index (χ2n) is 5.32. The molecule has 0 spiro atoms. The van der Waals surface area contributed by atoms with Crippen molar-refractivity contribution < 1.29 is 25.9 Å². The van der Waals surface area contributed by atoms with Gasteiger partial charge in [0.05, 0.1) is 13.1 Å². The smallest absolute Gasteiger partial charge is 0.264 e. The Morgan fingerprint density at radius 3 is 2.04 bits per heavy atom. The van der Waals surface area contributed by atoms with Crippen LogP contribution in [0.1, 0.15) is 5.56 Å². The molecule has 2 aromatic heterocycles. The summed E-state index contributed by atoms with van der Waals surface area (Å²) in [7, 11) is -5.05. The SMILES string of the molecule is O=S(=O)(O)OC(Cn1cncn1)(Cn1cncn1)c1ccc(F)cc1F.[Na]. The standard InChI is InChI=1S/C13H12F2N6O4S.Na/c14-10-1-2-11(12(15)3-10)13(25-26(22,23)24,4-20-8-16-6-18-20)5-21-9-17-7-19-21;/h1-3,6-9H,4-5H2,(H,22,23,24);. The Morgan fingerprint density at radius 2 is 1.63 bits per heavy atom. The van der Waals surface area contributed by atoms with E-state index in [-0.39, 0.29) is 48.2 Å². The predicted octanol–water partition coefficient (Wildman–Crippen LogP) is 0.182. The molecule has 0 aliphatic heterocycles. The van der Waals surface area contributed by atoms with Crippen LogP contribution in [0.25, 0.3) is 0 Å². The average Bonchev–Trinajstić information content (AvgIpc) is 3.19. The molecule has 0 aliphatic carbocycles. The van der Waals surface area contributed by atoms with Gasteiger partial charge in [-0.25, -0.2) is 32.3 Å². The van der Waals surface area contributed by atoms with Crippen molar-refractivity contribution in [2.75, 3.05) is 0 Å². The summed E-state index contributed by atoms with van der Waals surface area (Å²) in [6.45, 7) is -0.760. The summed E-state index contributed by atoms with van der Waals surface area (Å²) in [6, 6.07) is 2.52. The first-order valence-corrected chi connectivity index (χ1v) is 8.42. The van der Waals surface area contributed by atoms with Gasteiger partial charge in [0, 0.05) is 41.2 Å². The molecule has 2 heterocycles. The second-order valence-corrected chi connectivity index (χ2v) is 6.34. The number of aromatic nitrogens is 6. The van der Waals surface area contributed by atoms with Crippen LogP contribution >= 0.6 is 0 Å². The number of hydrogen-bond acceptors (Lipinski definition) is 7. The number of rotatable bonds is 7. The van der Waals surface area contributed by atoms with Gasteiger partial charge in [-0.1, -0.05) is 6.07 Å². The first-order valence-electron chi connectivity index (χ1n) is 7.06. The van der Waals surface area contributed by atoms with Gasteiger partial charge in [-0.2, -0.15) is 18.6 Å². The van der Waals surface area contributed by atoms with Gasteiger partial charge < -0.3 is 0 Å². The zero-order valence-electron chi connectivity index (χ0n) is 14.0. The molecule has 0 unspecified atom stereocenters. The summed E-state index contributed by atoms with van der Waals surface area (Å²) in [6.07, 6.45) is 4.83.